The van der Waals surface area contributed by atoms with Gasteiger partial charge in [0.1, 0.15) is 5.82 Å². The number of aryl methyl sites for hydroxylation is 2. The van der Waals surface area contributed by atoms with Crippen LogP contribution in [0, 0.1) is 6.92 Å². The Morgan fingerprint density at radius 3 is 2.79 bits per heavy atom. The van der Waals surface area contributed by atoms with E-state index >= 15 is 0 Å². The van der Waals surface area contributed by atoms with E-state index < -0.39 is 6.03 Å². The SMILES string of the molecule is Cc1nc2cc(C(C)(C)CNC(N)=O)ccc2n1C. The highest BCUT2D eigenvalue weighted by Crippen LogP contribution is 2.26. The Hall–Kier alpha value is -2.04. The maximum Gasteiger partial charge on any atom is 0.312 e. The molecule has 19 heavy (non-hydrogen) atoms. The lowest BCUT2D eigenvalue weighted by atomic mass is 9.84. The molecule has 0 saturated heterocycles. The number of carbonyl (C=O) groups excluding carboxylic acids is 1. The molecule has 3 N–H and O–H groups in total. The molecule has 5 heteroatoms. The zero-order chi connectivity index (χ0) is 14.2. The molecule has 0 fully saturated rings. The van der Waals surface area contributed by atoms with Gasteiger partial charge in [-0.3, -0.25) is 0 Å². The Morgan fingerprint density at radius 2 is 2.16 bits per heavy atom. The fourth-order valence-corrected chi connectivity index (χ4v) is 2.15. The van der Waals surface area contributed by atoms with E-state index in [2.05, 4.69) is 46.9 Å². The molecule has 0 aliphatic carbocycles. The van der Waals surface area contributed by atoms with Crippen LogP contribution in [0.25, 0.3) is 11.0 Å². The van der Waals surface area contributed by atoms with Crippen LogP contribution in [0.4, 0.5) is 4.79 Å². The zero-order valence-corrected chi connectivity index (χ0v) is 11.8. The van der Waals surface area contributed by atoms with Crippen molar-refractivity contribution in [1.29, 1.82) is 0 Å². The number of nitrogens with one attached hydrogen (secondary N) is 1. The van der Waals surface area contributed by atoms with E-state index in [-0.39, 0.29) is 5.41 Å². The average molecular weight is 260 g/mol. The van der Waals surface area contributed by atoms with Crippen molar-refractivity contribution >= 4 is 17.1 Å². The second-order valence-electron chi connectivity index (χ2n) is 5.52. The topological polar surface area (TPSA) is 72.9 Å². The van der Waals surface area contributed by atoms with Crippen LogP contribution in [0.2, 0.25) is 0 Å². The number of urea groups is 1. The number of benzene rings is 1. The molecule has 2 aromatic rings. The number of imidazole rings is 1. The third kappa shape index (κ3) is 2.54. The van der Waals surface area contributed by atoms with E-state index in [9.17, 15) is 4.79 Å². The monoisotopic (exact) mass is 260 g/mol. The number of fused-ring (bicyclic) bond motifs is 1. The highest BCUT2D eigenvalue weighted by atomic mass is 16.2. The standard InChI is InChI=1S/C14H20N4O/c1-9-17-11-7-10(5-6-12(11)18(9)4)14(2,3)8-16-13(15)19/h5-7H,8H2,1-4H3,(H3,15,16,19). The minimum Gasteiger partial charge on any atom is -0.352 e. The van der Waals surface area contributed by atoms with Gasteiger partial charge in [0.05, 0.1) is 11.0 Å². The molecule has 0 saturated carbocycles. The molecule has 1 aromatic heterocycles. The summed E-state index contributed by atoms with van der Waals surface area (Å²) in [6.07, 6.45) is 0. The zero-order valence-electron chi connectivity index (χ0n) is 11.8. The Morgan fingerprint density at radius 1 is 1.47 bits per heavy atom. The molecule has 2 amide bonds. The number of rotatable bonds is 3. The smallest absolute Gasteiger partial charge is 0.312 e. The van der Waals surface area contributed by atoms with Gasteiger partial charge < -0.3 is 15.6 Å². The second-order valence-corrected chi connectivity index (χ2v) is 5.52. The van der Waals surface area contributed by atoms with Gasteiger partial charge in [0, 0.05) is 19.0 Å². The van der Waals surface area contributed by atoms with E-state index in [1.165, 1.54) is 0 Å². The Labute approximate surface area is 112 Å². The van der Waals surface area contributed by atoms with E-state index in [0.717, 1.165) is 22.4 Å². The predicted molar refractivity (Wildman–Crippen MR) is 76.1 cm³/mol. The first-order valence-corrected chi connectivity index (χ1v) is 6.28. The molecule has 0 bridgehead atoms. The fraction of sp³-hybridized carbons (Fsp3) is 0.429. The summed E-state index contributed by atoms with van der Waals surface area (Å²) < 4.78 is 2.06. The summed E-state index contributed by atoms with van der Waals surface area (Å²) in [6.45, 7) is 6.62. The molecule has 5 nitrogen and oxygen atoms in total. The number of primary amides is 1. The number of carbonyl (C=O) groups is 1. The largest absolute Gasteiger partial charge is 0.352 e. The van der Waals surface area contributed by atoms with Crippen molar-refractivity contribution in [2.75, 3.05) is 6.54 Å². The van der Waals surface area contributed by atoms with E-state index in [1.807, 2.05) is 14.0 Å². The first-order valence-electron chi connectivity index (χ1n) is 6.28. The summed E-state index contributed by atoms with van der Waals surface area (Å²) in [4.78, 5) is 15.4. The number of hydrogen-bond acceptors (Lipinski definition) is 2. The quantitative estimate of drug-likeness (QED) is 0.883. The number of hydrogen-bond donors (Lipinski definition) is 2. The molecule has 0 aliphatic rings. The van der Waals surface area contributed by atoms with Crippen molar-refractivity contribution in [2.24, 2.45) is 12.8 Å². The van der Waals surface area contributed by atoms with Crippen LogP contribution in [0.15, 0.2) is 18.2 Å². The van der Waals surface area contributed by atoms with Crippen molar-refractivity contribution in [3.05, 3.63) is 29.6 Å². The molecule has 0 aliphatic heterocycles. The van der Waals surface area contributed by atoms with E-state index in [0.29, 0.717) is 6.54 Å². The average Bonchev–Trinajstić information content (AvgIpc) is 2.62. The summed E-state index contributed by atoms with van der Waals surface area (Å²) in [5, 5.41) is 2.66. The first kappa shape index (κ1) is 13.4. The summed E-state index contributed by atoms with van der Waals surface area (Å²) in [5.74, 6) is 0.986. The Balaban J connectivity index is 2.37. The van der Waals surface area contributed by atoms with Crippen LogP contribution in [0.3, 0.4) is 0 Å². The van der Waals surface area contributed by atoms with Crippen LogP contribution in [0.1, 0.15) is 25.2 Å². The van der Waals surface area contributed by atoms with Gasteiger partial charge in [-0.25, -0.2) is 9.78 Å². The summed E-state index contributed by atoms with van der Waals surface area (Å²) in [5.41, 5.74) is 8.16. The highest BCUT2D eigenvalue weighted by Gasteiger charge is 2.22. The molecule has 1 aromatic carbocycles. The number of nitrogens with two attached hydrogens (primary N) is 1. The van der Waals surface area contributed by atoms with Crippen LogP contribution in [-0.4, -0.2) is 22.1 Å². The molecular weight excluding hydrogens is 240 g/mol. The van der Waals surface area contributed by atoms with Crippen molar-refractivity contribution in [3.8, 4) is 0 Å². The maximum absolute atomic E-state index is 10.8. The Kier molecular flexibility index (Phi) is 3.22. The minimum absolute atomic E-state index is 0.186. The lowest BCUT2D eigenvalue weighted by Gasteiger charge is -2.25. The van der Waals surface area contributed by atoms with Gasteiger partial charge in [-0.1, -0.05) is 19.9 Å². The summed E-state index contributed by atoms with van der Waals surface area (Å²) in [7, 11) is 2.00. The van der Waals surface area contributed by atoms with Gasteiger partial charge in [0.25, 0.3) is 0 Å². The Bertz CT molecular complexity index is 628. The lowest BCUT2D eigenvalue weighted by molar-refractivity contribution is 0.246. The maximum atomic E-state index is 10.8. The molecule has 0 spiro atoms. The van der Waals surface area contributed by atoms with Crippen molar-refractivity contribution < 1.29 is 4.79 Å². The number of aromatic nitrogens is 2. The van der Waals surface area contributed by atoms with E-state index in [4.69, 9.17) is 5.73 Å². The van der Waals surface area contributed by atoms with Crippen molar-refractivity contribution in [1.82, 2.24) is 14.9 Å². The molecule has 0 atom stereocenters. The number of amides is 2. The minimum atomic E-state index is -0.497. The summed E-state index contributed by atoms with van der Waals surface area (Å²) >= 11 is 0. The van der Waals surface area contributed by atoms with E-state index in [1.54, 1.807) is 0 Å². The van der Waals surface area contributed by atoms with Gasteiger partial charge in [-0.2, -0.15) is 0 Å². The molecule has 102 valence electrons. The van der Waals surface area contributed by atoms with Crippen molar-refractivity contribution in [3.63, 3.8) is 0 Å². The van der Waals surface area contributed by atoms with Gasteiger partial charge in [0.2, 0.25) is 0 Å². The molecule has 1 heterocycles. The highest BCUT2D eigenvalue weighted by molar-refractivity contribution is 5.77. The van der Waals surface area contributed by atoms with Crippen molar-refractivity contribution in [2.45, 2.75) is 26.2 Å². The third-order valence-electron chi connectivity index (χ3n) is 3.59. The van der Waals surface area contributed by atoms with Gasteiger partial charge >= 0.3 is 6.03 Å². The lowest BCUT2D eigenvalue weighted by Crippen LogP contribution is -2.39. The third-order valence-corrected chi connectivity index (χ3v) is 3.59. The number of nitrogens with zero attached hydrogens (tertiary/aromatic N) is 2. The first-order chi connectivity index (χ1) is 8.81. The normalized spacial score (nSPS) is 11.8. The molecule has 0 unspecified atom stereocenters. The fourth-order valence-electron chi connectivity index (χ4n) is 2.15. The van der Waals surface area contributed by atoms with Crippen LogP contribution in [-0.2, 0) is 12.5 Å². The van der Waals surface area contributed by atoms with Crippen LogP contribution >= 0.6 is 0 Å². The molecular formula is C14H20N4O. The second kappa shape index (κ2) is 4.57. The molecule has 0 radical (unpaired) electrons. The summed E-state index contributed by atoms with van der Waals surface area (Å²) in [6, 6.07) is 5.72. The van der Waals surface area contributed by atoms with Gasteiger partial charge in [-0.05, 0) is 24.6 Å². The van der Waals surface area contributed by atoms with Crippen LogP contribution in [0.5, 0.6) is 0 Å². The molecule has 2 rings (SSSR count). The van der Waals surface area contributed by atoms with Gasteiger partial charge in [-0.15, -0.1) is 0 Å². The van der Waals surface area contributed by atoms with Crippen LogP contribution < -0.4 is 11.1 Å². The predicted octanol–water partition coefficient (Wildman–Crippen LogP) is 1.83. The van der Waals surface area contributed by atoms with Gasteiger partial charge in [0.15, 0.2) is 0 Å².